The topological polar surface area (TPSA) is 42.2 Å². The van der Waals surface area contributed by atoms with E-state index in [0.29, 0.717) is 11.5 Å². The smallest absolute Gasteiger partial charge is 0.174 e. The van der Waals surface area contributed by atoms with Crippen LogP contribution in [-0.4, -0.2) is 6.61 Å². The van der Waals surface area contributed by atoms with Crippen LogP contribution < -0.4 is 9.47 Å². The van der Waals surface area contributed by atoms with Gasteiger partial charge in [0.2, 0.25) is 0 Å². The molecule has 0 heterocycles. The van der Waals surface area contributed by atoms with Crippen LogP contribution >= 0.6 is 0 Å². The Morgan fingerprint density at radius 3 is 2.24 bits per heavy atom. The molecule has 0 atom stereocenters. The minimum Gasteiger partial charge on any atom is -0.475 e. The van der Waals surface area contributed by atoms with Crippen molar-refractivity contribution in [2.45, 2.75) is 0 Å². The number of hydrogen-bond acceptors (Lipinski definition) is 3. The molecule has 0 radical (unpaired) electrons. The number of nitriles is 1. The summed E-state index contributed by atoms with van der Waals surface area (Å²) in [7, 11) is 0. The van der Waals surface area contributed by atoms with Crippen LogP contribution in [0.4, 0.5) is 0 Å². The molecule has 0 aliphatic rings. The van der Waals surface area contributed by atoms with Crippen LogP contribution in [0.25, 0.3) is 0 Å². The Balaban J connectivity index is 2.18. The maximum Gasteiger partial charge on any atom is 0.174 e. The number of para-hydroxylation sites is 3. The van der Waals surface area contributed by atoms with Crippen LogP contribution in [0.15, 0.2) is 54.6 Å². The molecule has 0 saturated carbocycles. The van der Waals surface area contributed by atoms with Crippen molar-refractivity contribution in [3.63, 3.8) is 0 Å². The molecule has 0 spiro atoms. The fourth-order valence-corrected chi connectivity index (χ4v) is 1.38. The standard InChI is InChI=1S/C14H11NO2/c15-10-11-16-13-8-4-5-9-14(13)17-12-6-2-1-3-7-12/h1-9H,11H2. The van der Waals surface area contributed by atoms with Crippen molar-refractivity contribution in [2.24, 2.45) is 0 Å². The normalized spacial score (nSPS) is 9.35. The molecule has 3 nitrogen and oxygen atoms in total. The third kappa shape index (κ3) is 2.99. The molecule has 0 fully saturated rings. The summed E-state index contributed by atoms with van der Waals surface area (Å²) in [6.45, 7) is 0.00909. The van der Waals surface area contributed by atoms with E-state index in [-0.39, 0.29) is 6.61 Å². The maximum absolute atomic E-state index is 8.49. The molecule has 84 valence electrons. The van der Waals surface area contributed by atoms with Gasteiger partial charge in [0.05, 0.1) is 0 Å². The first-order chi connectivity index (χ1) is 8.40. The SMILES string of the molecule is N#CCOc1ccccc1Oc1ccccc1. The van der Waals surface area contributed by atoms with E-state index in [1.807, 2.05) is 48.5 Å². The zero-order valence-corrected chi connectivity index (χ0v) is 9.17. The minimum absolute atomic E-state index is 0.00909. The predicted molar refractivity (Wildman–Crippen MR) is 64.1 cm³/mol. The van der Waals surface area contributed by atoms with Crippen molar-refractivity contribution in [1.82, 2.24) is 0 Å². The molecule has 0 unspecified atom stereocenters. The van der Waals surface area contributed by atoms with Gasteiger partial charge in [-0.05, 0) is 24.3 Å². The third-order valence-electron chi connectivity index (χ3n) is 2.11. The van der Waals surface area contributed by atoms with Gasteiger partial charge in [-0.2, -0.15) is 5.26 Å². The second-order valence-corrected chi connectivity index (χ2v) is 3.31. The van der Waals surface area contributed by atoms with Crippen LogP contribution in [0.2, 0.25) is 0 Å². The number of benzene rings is 2. The molecular weight excluding hydrogens is 214 g/mol. The predicted octanol–water partition coefficient (Wildman–Crippen LogP) is 3.38. The van der Waals surface area contributed by atoms with Gasteiger partial charge in [-0.25, -0.2) is 0 Å². The van der Waals surface area contributed by atoms with Gasteiger partial charge in [-0.15, -0.1) is 0 Å². The molecule has 3 heteroatoms. The van der Waals surface area contributed by atoms with E-state index in [4.69, 9.17) is 14.7 Å². The monoisotopic (exact) mass is 225 g/mol. The second kappa shape index (κ2) is 5.57. The van der Waals surface area contributed by atoms with E-state index in [9.17, 15) is 0 Å². The Morgan fingerprint density at radius 2 is 1.53 bits per heavy atom. The number of rotatable bonds is 4. The van der Waals surface area contributed by atoms with Crippen molar-refractivity contribution in [2.75, 3.05) is 6.61 Å². The van der Waals surface area contributed by atoms with E-state index in [0.717, 1.165) is 5.75 Å². The molecule has 2 aromatic rings. The Morgan fingerprint density at radius 1 is 0.882 bits per heavy atom. The lowest BCUT2D eigenvalue weighted by molar-refractivity contribution is 0.344. The van der Waals surface area contributed by atoms with Crippen LogP contribution in [0.1, 0.15) is 0 Å². The zero-order valence-electron chi connectivity index (χ0n) is 9.17. The van der Waals surface area contributed by atoms with E-state index < -0.39 is 0 Å². The average molecular weight is 225 g/mol. The van der Waals surface area contributed by atoms with Crippen LogP contribution in [-0.2, 0) is 0 Å². The van der Waals surface area contributed by atoms with Gasteiger partial charge in [-0.3, -0.25) is 0 Å². The highest BCUT2D eigenvalue weighted by atomic mass is 16.5. The average Bonchev–Trinajstić information content (AvgIpc) is 2.39. The molecule has 2 rings (SSSR count). The Hall–Kier alpha value is -2.47. The van der Waals surface area contributed by atoms with Gasteiger partial charge < -0.3 is 9.47 Å². The summed E-state index contributed by atoms with van der Waals surface area (Å²) in [6.07, 6.45) is 0. The lowest BCUT2D eigenvalue weighted by atomic mass is 10.3. The van der Waals surface area contributed by atoms with Crippen LogP contribution in [0.3, 0.4) is 0 Å². The van der Waals surface area contributed by atoms with E-state index >= 15 is 0 Å². The first-order valence-electron chi connectivity index (χ1n) is 5.22. The molecule has 0 N–H and O–H groups in total. The second-order valence-electron chi connectivity index (χ2n) is 3.31. The lowest BCUT2D eigenvalue weighted by Gasteiger charge is -2.10. The number of nitrogens with zero attached hydrogens (tertiary/aromatic N) is 1. The highest BCUT2D eigenvalue weighted by Crippen LogP contribution is 2.30. The largest absolute Gasteiger partial charge is 0.475 e. The summed E-state index contributed by atoms with van der Waals surface area (Å²) in [4.78, 5) is 0. The molecule has 0 saturated heterocycles. The molecule has 17 heavy (non-hydrogen) atoms. The van der Waals surface area contributed by atoms with Gasteiger partial charge in [0.25, 0.3) is 0 Å². The molecule has 0 aromatic heterocycles. The van der Waals surface area contributed by atoms with Gasteiger partial charge >= 0.3 is 0 Å². The Labute approximate surface area is 99.8 Å². The quantitative estimate of drug-likeness (QED) is 0.801. The number of hydrogen-bond donors (Lipinski definition) is 0. The third-order valence-corrected chi connectivity index (χ3v) is 2.11. The first kappa shape index (κ1) is 11.0. The van der Waals surface area contributed by atoms with Crippen molar-refractivity contribution in [3.05, 3.63) is 54.6 Å². The molecule has 0 amide bonds. The number of ether oxygens (including phenoxy) is 2. The summed E-state index contributed by atoms with van der Waals surface area (Å²) < 4.78 is 10.9. The Kier molecular flexibility index (Phi) is 3.61. The summed E-state index contributed by atoms with van der Waals surface area (Å²) in [5, 5.41) is 8.49. The molecule has 0 aliphatic heterocycles. The maximum atomic E-state index is 8.49. The minimum atomic E-state index is 0.00909. The van der Waals surface area contributed by atoms with Gasteiger partial charge in [0.1, 0.15) is 11.8 Å². The molecule has 0 aliphatic carbocycles. The van der Waals surface area contributed by atoms with Crippen LogP contribution in [0, 0.1) is 11.3 Å². The van der Waals surface area contributed by atoms with Crippen molar-refractivity contribution >= 4 is 0 Å². The lowest BCUT2D eigenvalue weighted by Crippen LogP contribution is -1.95. The van der Waals surface area contributed by atoms with Gasteiger partial charge in [0, 0.05) is 0 Å². The fraction of sp³-hybridized carbons (Fsp3) is 0.0714. The molecule has 0 bridgehead atoms. The Bertz CT molecular complexity index is 517. The summed E-state index contributed by atoms with van der Waals surface area (Å²) in [6, 6.07) is 18.6. The van der Waals surface area contributed by atoms with Crippen LogP contribution in [0.5, 0.6) is 17.2 Å². The highest BCUT2D eigenvalue weighted by Gasteiger charge is 2.04. The first-order valence-corrected chi connectivity index (χ1v) is 5.22. The molecular formula is C14H11NO2. The summed E-state index contributed by atoms with van der Waals surface area (Å²) in [5.41, 5.74) is 0. The van der Waals surface area contributed by atoms with Crippen molar-refractivity contribution < 1.29 is 9.47 Å². The van der Waals surface area contributed by atoms with Crippen molar-refractivity contribution in [1.29, 1.82) is 5.26 Å². The summed E-state index contributed by atoms with van der Waals surface area (Å²) >= 11 is 0. The van der Waals surface area contributed by atoms with E-state index in [1.165, 1.54) is 0 Å². The van der Waals surface area contributed by atoms with E-state index in [1.54, 1.807) is 12.1 Å². The van der Waals surface area contributed by atoms with Gasteiger partial charge in [0.15, 0.2) is 18.1 Å². The fourth-order valence-electron chi connectivity index (χ4n) is 1.38. The van der Waals surface area contributed by atoms with E-state index in [2.05, 4.69) is 0 Å². The van der Waals surface area contributed by atoms with Gasteiger partial charge in [-0.1, -0.05) is 30.3 Å². The molecule has 2 aromatic carbocycles. The zero-order chi connectivity index (χ0) is 11.9. The summed E-state index contributed by atoms with van der Waals surface area (Å²) in [5.74, 6) is 1.91. The highest BCUT2D eigenvalue weighted by molar-refractivity contribution is 5.42. The van der Waals surface area contributed by atoms with Crippen molar-refractivity contribution in [3.8, 4) is 23.3 Å².